The van der Waals surface area contributed by atoms with Crippen LogP contribution in [0.2, 0.25) is 5.02 Å². The maximum absolute atomic E-state index is 6.31. The van der Waals surface area contributed by atoms with E-state index in [4.69, 9.17) is 16.7 Å². The van der Waals surface area contributed by atoms with Crippen LogP contribution in [0.25, 0.3) is 26.3 Å². The average Bonchev–Trinajstić information content (AvgIpc) is 3.14. The summed E-state index contributed by atoms with van der Waals surface area (Å²) >= 11 is 9.67. The number of rotatable bonds is 4. The molecule has 0 spiro atoms. The molecule has 0 saturated carbocycles. The first-order valence-corrected chi connectivity index (χ1v) is 9.59. The van der Waals surface area contributed by atoms with Crippen LogP contribution in [0.3, 0.4) is 0 Å². The third-order valence-electron chi connectivity index (χ3n) is 3.59. The van der Waals surface area contributed by atoms with Gasteiger partial charge in [0.2, 0.25) is 4.96 Å². The largest absolute Gasteiger partial charge is 0.235 e. The number of benzene rings is 2. The van der Waals surface area contributed by atoms with Crippen molar-refractivity contribution in [2.45, 2.75) is 12.7 Å². The Morgan fingerprint density at radius 2 is 1.96 bits per heavy atom. The number of fused-ring (bicyclic) bond motifs is 2. The molecule has 2 aromatic carbocycles. The summed E-state index contributed by atoms with van der Waals surface area (Å²) in [5.74, 6) is 2.77. The van der Waals surface area contributed by atoms with Crippen molar-refractivity contribution in [1.82, 2.24) is 19.8 Å². The Bertz CT molecular complexity index is 992. The van der Waals surface area contributed by atoms with E-state index < -0.39 is 0 Å². The van der Waals surface area contributed by atoms with Gasteiger partial charge in [0.1, 0.15) is 5.01 Å². The third-order valence-corrected chi connectivity index (χ3v) is 5.72. The van der Waals surface area contributed by atoms with Crippen molar-refractivity contribution in [3.8, 4) is 10.6 Å². The van der Waals surface area contributed by atoms with Gasteiger partial charge in [0.25, 0.3) is 0 Å². The minimum atomic E-state index is 0.757. The number of nitrogens with zero attached hydrogens (tertiary/aromatic N) is 4. The van der Waals surface area contributed by atoms with Gasteiger partial charge in [-0.2, -0.15) is 21.4 Å². The Morgan fingerprint density at radius 3 is 2.83 bits per heavy atom. The van der Waals surface area contributed by atoms with Crippen molar-refractivity contribution < 1.29 is 0 Å². The van der Waals surface area contributed by atoms with E-state index in [0.29, 0.717) is 0 Å². The second-order valence-electron chi connectivity index (χ2n) is 5.00. The van der Waals surface area contributed by atoms with Gasteiger partial charge in [-0.3, -0.25) is 0 Å². The summed E-state index contributed by atoms with van der Waals surface area (Å²) in [6, 6.07) is 12.1. The second-order valence-corrected chi connectivity index (χ2v) is 7.63. The van der Waals surface area contributed by atoms with Crippen LogP contribution in [0.5, 0.6) is 0 Å². The normalized spacial score (nSPS) is 11.6. The highest BCUT2D eigenvalue weighted by Crippen LogP contribution is 2.34. The van der Waals surface area contributed by atoms with Gasteiger partial charge >= 0.3 is 0 Å². The minimum Gasteiger partial charge on any atom is -0.186 e. The molecule has 0 amide bonds. The van der Waals surface area contributed by atoms with Gasteiger partial charge in [-0.1, -0.05) is 60.2 Å². The molecule has 4 nitrogen and oxygen atoms in total. The van der Waals surface area contributed by atoms with Crippen molar-refractivity contribution in [2.24, 2.45) is 0 Å². The molecule has 2 aromatic heterocycles. The number of halogens is 1. The molecule has 0 atom stereocenters. The van der Waals surface area contributed by atoms with Crippen LogP contribution >= 0.6 is 34.7 Å². The van der Waals surface area contributed by atoms with E-state index in [1.807, 2.05) is 40.5 Å². The highest BCUT2D eigenvalue weighted by molar-refractivity contribution is 7.98. The Morgan fingerprint density at radius 1 is 1.13 bits per heavy atom. The molecule has 0 aliphatic heterocycles. The lowest BCUT2D eigenvalue weighted by Crippen LogP contribution is -1.94. The maximum Gasteiger partial charge on any atom is 0.235 e. The van der Waals surface area contributed by atoms with Crippen LogP contribution in [-0.2, 0) is 5.75 Å². The molecule has 4 rings (SSSR count). The predicted octanol–water partition coefficient (Wildman–Crippen LogP) is 4.91. The number of hydrogen-bond donors (Lipinski definition) is 0. The van der Waals surface area contributed by atoms with Gasteiger partial charge in [0.15, 0.2) is 5.82 Å². The molecular formula is C16H13ClN4S2. The van der Waals surface area contributed by atoms with E-state index in [1.165, 1.54) is 0 Å². The lowest BCUT2D eigenvalue weighted by atomic mass is 10.1. The van der Waals surface area contributed by atoms with Gasteiger partial charge in [-0.25, -0.2) is 0 Å². The molecule has 0 unspecified atom stereocenters. The molecule has 0 bridgehead atoms. The minimum absolute atomic E-state index is 0.757. The van der Waals surface area contributed by atoms with Crippen molar-refractivity contribution in [1.29, 1.82) is 0 Å². The molecule has 0 aliphatic rings. The van der Waals surface area contributed by atoms with Gasteiger partial charge in [-0.15, -0.1) is 10.2 Å². The van der Waals surface area contributed by atoms with E-state index in [0.717, 1.165) is 48.7 Å². The van der Waals surface area contributed by atoms with Crippen LogP contribution in [0.1, 0.15) is 12.7 Å². The molecule has 23 heavy (non-hydrogen) atoms. The molecule has 7 heteroatoms. The molecule has 0 aliphatic carbocycles. The Balaban J connectivity index is 1.86. The summed E-state index contributed by atoms with van der Waals surface area (Å²) in [7, 11) is 0. The molecule has 116 valence electrons. The topological polar surface area (TPSA) is 43.1 Å². The second kappa shape index (κ2) is 6.11. The number of thioether (sulfide) groups is 1. The summed E-state index contributed by atoms with van der Waals surface area (Å²) in [6.07, 6.45) is 0. The fourth-order valence-electron chi connectivity index (χ4n) is 2.51. The van der Waals surface area contributed by atoms with Crippen LogP contribution in [0, 0.1) is 0 Å². The molecule has 0 radical (unpaired) electrons. The maximum atomic E-state index is 6.31. The zero-order chi connectivity index (χ0) is 15.8. The predicted molar refractivity (Wildman–Crippen MR) is 98.4 cm³/mol. The monoisotopic (exact) mass is 360 g/mol. The fraction of sp³-hybridized carbons (Fsp3) is 0.188. The molecule has 0 N–H and O–H groups in total. The molecule has 0 saturated heterocycles. The van der Waals surface area contributed by atoms with E-state index in [-0.39, 0.29) is 0 Å². The molecule has 0 fully saturated rings. The van der Waals surface area contributed by atoms with Gasteiger partial charge in [0, 0.05) is 16.0 Å². The summed E-state index contributed by atoms with van der Waals surface area (Å²) in [5.41, 5.74) is 1.08. The van der Waals surface area contributed by atoms with E-state index in [1.54, 1.807) is 11.3 Å². The Kier molecular flexibility index (Phi) is 3.97. The highest BCUT2D eigenvalue weighted by Gasteiger charge is 2.15. The summed E-state index contributed by atoms with van der Waals surface area (Å²) in [4.78, 5) is 0.825. The van der Waals surface area contributed by atoms with Crippen molar-refractivity contribution in [3.63, 3.8) is 0 Å². The summed E-state index contributed by atoms with van der Waals surface area (Å²) < 4.78 is 1.85. The van der Waals surface area contributed by atoms with Crippen LogP contribution in [-0.4, -0.2) is 25.6 Å². The standard InChI is InChI=1S/C16H13ClN4S2/c1-2-22-9-14-18-19-16-21(14)20-15(23-16)12-7-3-6-11-10(12)5-4-8-13(11)17/h3-8H,2,9H2,1H3. The lowest BCUT2D eigenvalue weighted by molar-refractivity contribution is 0.888. The highest BCUT2D eigenvalue weighted by atomic mass is 35.5. The van der Waals surface area contributed by atoms with Gasteiger partial charge in [-0.05, 0) is 17.2 Å². The quantitative estimate of drug-likeness (QED) is 0.518. The van der Waals surface area contributed by atoms with E-state index in [9.17, 15) is 0 Å². The van der Waals surface area contributed by atoms with Crippen molar-refractivity contribution in [2.75, 3.05) is 5.75 Å². The third kappa shape index (κ3) is 2.60. The Hall–Kier alpha value is -1.63. The van der Waals surface area contributed by atoms with Crippen molar-refractivity contribution >= 4 is 50.4 Å². The molecule has 2 heterocycles. The lowest BCUT2D eigenvalue weighted by Gasteiger charge is -2.04. The smallest absolute Gasteiger partial charge is 0.186 e. The number of hydrogen-bond acceptors (Lipinski definition) is 5. The van der Waals surface area contributed by atoms with Crippen LogP contribution < -0.4 is 0 Å². The number of aromatic nitrogens is 4. The average molecular weight is 361 g/mol. The van der Waals surface area contributed by atoms with E-state index in [2.05, 4.69) is 29.3 Å². The van der Waals surface area contributed by atoms with Crippen LogP contribution in [0.15, 0.2) is 36.4 Å². The first-order chi connectivity index (χ1) is 11.3. The van der Waals surface area contributed by atoms with Gasteiger partial charge in [0.05, 0.1) is 5.75 Å². The summed E-state index contributed by atoms with van der Waals surface area (Å²) in [6.45, 7) is 2.13. The first-order valence-electron chi connectivity index (χ1n) is 7.24. The molecular weight excluding hydrogens is 348 g/mol. The van der Waals surface area contributed by atoms with Crippen molar-refractivity contribution in [3.05, 3.63) is 47.2 Å². The molecule has 4 aromatic rings. The fourth-order valence-corrected chi connectivity index (χ4v) is 4.21. The van der Waals surface area contributed by atoms with Gasteiger partial charge < -0.3 is 0 Å². The Labute approximate surface area is 146 Å². The zero-order valence-corrected chi connectivity index (χ0v) is 14.8. The SMILES string of the molecule is CCSCc1nnc2sc(-c3cccc4c(Cl)cccc34)nn12. The first kappa shape index (κ1) is 14.9. The zero-order valence-electron chi connectivity index (χ0n) is 12.4. The van der Waals surface area contributed by atoms with E-state index >= 15 is 0 Å². The summed E-state index contributed by atoms with van der Waals surface area (Å²) in [5, 5.41) is 17.0. The van der Waals surface area contributed by atoms with Crippen LogP contribution in [0.4, 0.5) is 0 Å².